The van der Waals surface area contributed by atoms with Crippen LogP contribution >= 0.6 is 0 Å². The first kappa shape index (κ1) is 14.4. The Morgan fingerprint density at radius 3 is 1.42 bits per heavy atom. The van der Waals surface area contributed by atoms with Gasteiger partial charge in [0.05, 0.1) is 0 Å². The molecular formula is C9H24N2O. The fourth-order valence-corrected chi connectivity index (χ4v) is 2.01. The van der Waals surface area contributed by atoms with Gasteiger partial charge in [0.2, 0.25) is 0 Å². The van der Waals surface area contributed by atoms with E-state index in [4.69, 9.17) is 0 Å². The van der Waals surface area contributed by atoms with E-state index in [1.165, 1.54) is 19.3 Å². The maximum absolute atomic E-state index is 3.63. The molecule has 6 N–H and O–H groups in total. The van der Waals surface area contributed by atoms with Crippen molar-refractivity contribution in [3.8, 4) is 0 Å². The molecule has 0 bridgehead atoms. The van der Waals surface area contributed by atoms with E-state index in [-0.39, 0.29) is 11.6 Å². The molecule has 0 aromatic carbocycles. The maximum atomic E-state index is 3.63. The summed E-state index contributed by atoms with van der Waals surface area (Å²) in [6.07, 6.45) is 4.00. The van der Waals surface area contributed by atoms with Crippen LogP contribution < -0.4 is 11.5 Å². The smallest absolute Gasteiger partial charge is 0.0130 e. The summed E-state index contributed by atoms with van der Waals surface area (Å²) < 4.78 is 0. The number of hydrogen-bond acceptors (Lipinski definition) is 2. The Morgan fingerprint density at radius 2 is 1.25 bits per heavy atom. The molecule has 0 atom stereocenters. The molecule has 0 aromatic heterocycles. The van der Waals surface area contributed by atoms with Crippen LogP contribution in [0.4, 0.5) is 0 Å². The minimum absolute atomic E-state index is 0. The molecular weight excluding hydrogens is 152 g/mol. The number of rotatable bonds is 0. The maximum Gasteiger partial charge on any atom is 0.0130 e. The van der Waals surface area contributed by atoms with Gasteiger partial charge in [0.25, 0.3) is 0 Å². The van der Waals surface area contributed by atoms with Gasteiger partial charge in [-0.3, -0.25) is 0 Å². The van der Waals surface area contributed by atoms with Crippen molar-refractivity contribution >= 4 is 0 Å². The first-order valence-corrected chi connectivity index (χ1v) is 4.21. The van der Waals surface area contributed by atoms with Crippen molar-refractivity contribution in [1.29, 1.82) is 0 Å². The van der Waals surface area contributed by atoms with Gasteiger partial charge in [-0.2, -0.15) is 0 Å². The van der Waals surface area contributed by atoms with E-state index in [1.54, 1.807) is 0 Å². The SMILES string of the molecule is CC1(C)CCCC(C)(C)N1.N.O. The summed E-state index contributed by atoms with van der Waals surface area (Å²) in [5.74, 6) is 0. The Hall–Kier alpha value is -0.120. The fourth-order valence-electron chi connectivity index (χ4n) is 2.01. The summed E-state index contributed by atoms with van der Waals surface area (Å²) in [7, 11) is 0. The fraction of sp³-hybridized carbons (Fsp3) is 1.00. The van der Waals surface area contributed by atoms with E-state index in [2.05, 4.69) is 33.0 Å². The molecule has 0 radical (unpaired) electrons. The summed E-state index contributed by atoms with van der Waals surface area (Å²) in [6.45, 7) is 9.14. The summed E-state index contributed by atoms with van der Waals surface area (Å²) in [4.78, 5) is 0. The molecule has 1 fully saturated rings. The van der Waals surface area contributed by atoms with E-state index >= 15 is 0 Å². The van der Waals surface area contributed by atoms with Crippen molar-refractivity contribution in [3.05, 3.63) is 0 Å². The lowest BCUT2D eigenvalue weighted by atomic mass is 9.83. The van der Waals surface area contributed by atoms with Crippen LogP contribution in [0.15, 0.2) is 0 Å². The lowest BCUT2D eigenvalue weighted by molar-refractivity contribution is 0.183. The third-order valence-corrected chi connectivity index (χ3v) is 2.28. The molecule has 0 aliphatic carbocycles. The second-order valence-electron chi connectivity index (χ2n) is 4.75. The van der Waals surface area contributed by atoms with Crippen LogP contribution in [-0.4, -0.2) is 16.6 Å². The molecule has 0 aromatic rings. The second-order valence-corrected chi connectivity index (χ2v) is 4.75. The molecule has 3 heteroatoms. The van der Waals surface area contributed by atoms with Crippen molar-refractivity contribution in [2.45, 2.75) is 58.0 Å². The van der Waals surface area contributed by atoms with Crippen molar-refractivity contribution in [1.82, 2.24) is 11.5 Å². The van der Waals surface area contributed by atoms with Gasteiger partial charge in [-0.25, -0.2) is 0 Å². The molecule has 1 aliphatic rings. The average molecular weight is 176 g/mol. The summed E-state index contributed by atoms with van der Waals surface area (Å²) >= 11 is 0. The Kier molecular flexibility index (Phi) is 5.06. The van der Waals surface area contributed by atoms with Crippen molar-refractivity contribution in [2.24, 2.45) is 0 Å². The van der Waals surface area contributed by atoms with E-state index in [0.29, 0.717) is 11.1 Å². The van der Waals surface area contributed by atoms with Crippen LogP contribution in [0.1, 0.15) is 47.0 Å². The summed E-state index contributed by atoms with van der Waals surface area (Å²) in [6, 6.07) is 0. The minimum atomic E-state index is 0. The normalized spacial score (nSPS) is 25.0. The standard InChI is InChI=1S/C9H19N.H3N.H2O/c1-8(2)6-5-7-9(3,4)10-8;;/h10H,5-7H2,1-4H3;1H3;1H2. The van der Waals surface area contributed by atoms with Crippen LogP contribution in [0.25, 0.3) is 0 Å². The molecule has 1 heterocycles. The highest BCUT2D eigenvalue weighted by atomic mass is 16.0. The Labute approximate surface area is 75.8 Å². The zero-order valence-electron chi connectivity index (χ0n) is 8.83. The van der Waals surface area contributed by atoms with Gasteiger partial charge in [-0.05, 0) is 47.0 Å². The molecule has 0 saturated carbocycles. The Balaban J connectivity index is 0. The number of nitrogens with one attached hydrogen (secondary N) is 1. The molecule has 12 heavy (non-hydrogen) atoms. The second kappa shape index (κ2) is 4.21. The summed E-state index contributed by atoms with van der Waals surface area (Å²) in [5, 5.41) is 3.63. The van der Waals surface area contributed by atoms with Crippen molar-refractivity contribution in [2.75, 3.05) is 0 Å². The largest absolute Gasteiger partial charge is 0.412 e. The predicted octanol–water partition coefficient (Wildman–Crippen LogP) is 1.65. The van der Waals surface area contributed by atoms with E-state index in [9.17, 15) is 0 Å². The molecule has 0 spiro atoms. The third kappa shape index (κ3) is 4.04. The van der Waals surface area contributed by atoms with Gasteiger partial charge in [0.1, 0.15) is 0 Å². The van der Waals surface area contributed by atoms with Crippen LogP contribution in [0.5, 0.6) is 0 Å². The lowest BCUT2D eigenvalue weighted by Gasteiger charge is -2.42. The van der Waals surface area contributed by atoms with Gasteiger partial charge in [0, 0.05) is 11.1 Å². The van der Waals surface area contributed by atoms with Crippen LogP contribution in [0.2, 0.25) is 0 Å². The number of hydrogen-bond donors (Lipinski definition) is 2. The number of piperidine rings is 1. The van der Waals surface area contributed by atoms with E-state index < -0.39 is 0 Å². The topological polar surface area (TPSA) is 78.5 Å². The first-order valence-electron chi connectivity index (χ1n) is 4.21. The van der Waals surface area contributed by atoms with Gasteiger partial charge in [-0.15, -0.1) is 0 Å². The van der Waals surface area contributed by atoms with E-state index in [0.717, 1.165) is 0 Å². The molecule has 0 amide bonds. The Morgan fingerprint density at radius 1 is 0.917 bits per heavy atom. The predicted molar refractivity (Wildman–Crippen MR) is 53.8 cm³/mol. The van der Waals surface area contributed by atoms with Gasteiger partial charge < -0.3 is 16.9 Å². The van der Waals surface area contributed by atoms with Crippen molar-refractivity contribution in [3.63, 3.8) is 0 Å². The van der Waals surface area contributed by atoms with Gasteiger partial charge in [-0.1, -0.05) is 0 Å². The van der Waals surface area contributed by atoms with Gasteiger partial charge in [0.15, 0.2) is 0 Å². The van der Waals surface area contributed by atoms with Crippen molar-refractivity contribution < 1.29 is 5.48 Å². The lowest BCUT2D eigenvalue weighted by Crippen LogP contribution is -2.55. The molecule has 1 saturated heterocycles. The minimum Gasteiger partial charge on any atom is -0.412 e. The summed E-state index contributed by atoms with van der Waals surface area (Å²) in [5.41, 5.74) is 0.726. The molecule has 1 rings (SSSR count). The molecule has 0 unspecified atom stereocenters. The van der Waals surface area contributed by atoms with Crippen LogP contribution in [-0.2, 0) is 0 Å². The highest BCUT2D eigenvalue weighted by molar-refractivity contribution is 4.92. The Bertz CT molecular complexity index is 118. The molecule has 3 nitrogen and oxygen atoms in total. The zero-order chi connectivity index (χ0) is 7.83. The quantitative estimate of drug-likeness (QED) is 0.588. The monoisotopic (exact) mass is 176 g/mol. The molecule has 1 aliphatic heterocycles. The highest BCUT2D eigenvalue weighted by Gasteiger charge is 2.31. The van der Waals surface area contributed by atoms with E-state index in [1.807, 2.05) is 0 Å². The van der Waals surface area contributed by atoms with Gasteiger partial charge >= 0.3 is 0 Å². The molecule has 76 valence electrons. The zero-order valence-corrected chi connectivity index (χ0v) is 8.83. The average Bonchev–Trinajstić information content (AvgIpc) is 1.56. The first-order chi connectivity index (χ1) is 4.41. The highest BCUT2D eigenvalue weighted by Crippen LogP contribution is 2.27. The van der Waals surface area contributed by atoms with Crippen LogP contribution in [0.3, 0.4) is 0 Å². The van der Waals surface area contributed by atoms with Crippen LogP contribution in [0, 0.1) is 0 Å². The third-order valence-electron chi connectivity index (χ3n) is 2.28.